The Morgan fingerprint density at radius 1 is 1.19 bits per heavy atom. The second kappa shape index (κ2) is 9.23. The third-order valence-corrected chi connectivity index (χ3v) is 3.62. The first-order chi connectivity index (χ1) is 12.5. The molecule has 0 aliphatic heterocycles. The molecule has 0 saturated heterocycles. The number of amides is 2. The van der Waals surface area contributed by atoms with Crippen LogP contribution in [0.1, 0.15) is 25.3 Å². The zero-order chi connectivity index (χ0) is 18.9. The lowest BCUT2D eigenvalue weighted by molar-refractivity contribution is -0.115. The van der Waals surface area contributed by atoms with Gasteiger partial charge in [-0.15, -0.1) is 0 Å². The van der Waals surface area contributed by atoms with Crippen molar-refractivity contribution in [2.75, 3.05) is 16.8 Å². The summed E-state index contributed by atoms with van der Waals surface area (Å²) in [5.41, 5.74) is 2.23. The van der Waals surface area contributed by atoms with Gasteiger partial charge in [0.05, 0.1) is 12.5 Å². The Balaban J connectivity index is 2.17. The van der Waals surface area contributed by atoms with Crippen LogP contribution in [0.15, 0.2) is 48.5 Å². The van der Waals surface area contributed by atoms with Crippen LogP contribution in [0.2, 0.25) is 0 Å². The predicted octanol–water partition coefficient (Wildman–Crippen LogP) is 4.26. The monoisotopic (exact) mass is 351 g/mol. The standard InChI is InChI=1S/C20H21N3O3/c1-3-19(24)22-16-8-5-10-18(14-16)26-20(25)23(12-6-11-21)17-9-4-7-15(2)13-17/h4-5,7-10,13-14H,3,6,12H2,1-2H3,(H,22,24). The summed E-state index contributed by atoms with van der Waals surface area (Å²) < 4.78 is 5.45. The lowest BCUT2D eigenvalue weighted by Crippen LogP contribution is -2.34. The molecule has 0 aliphatic carbocycles. The van der Waals surface area contributed by atoms with Gasteiger partial charge in [0.2, 0.25) is 5.91 Å². The summed E-state index contributed by atoms with van der Waals surface area (Å²) in [5.74, 6) is 0.197. The Morgan fingerprint density at radius 2 is 1.96 bits per heavy atom. The maximum absolute atomic E-state index is 12.6. The van der Waals surface area contributed by atoms with Gasteiger partial charge in [-0.2, -0.15) is 5.26 Å². The van der Waals surface area contributed by atoms with Gasteiger partial charge in [-0.05, 0) is 36.8 Å². The summed E-state index contributed by atoms with van der Waals surface area (Å²) in [4.78, 5) is 25.6. The molecular weight excluding hydrogens is 330 g/mol. The molecule has 0 atom stereocenters. The lowest BCUT2D eigenvalue weighted by atomic mass is 10.2. The molecule has 0 aliphatic rings. The molecule has 0 bridgehead atoms. The molecule has 2 rings (SSSR count). The highest BCUT2D eigenvalue weighted by Gasteiger charge is 2.18. The third kappa shape index (κ3) is 5.35. The molecule has 0 saturated carbocycles. The molecule has 2 amide bonds. The summed E-state index contributed by atoms with van der Waals surface area (Å²) in [6.07, 6.45) is -0.0283. The number of nitriles is 1. The van der Waals surface area contributed by atoms with Crippen molar-refractivity contribution >= 4 is 23.4 Å². The molecule has 6 heteroatoms. The maximum atomic E-state index is 12.6. The summed E-state index contributed by atoms with van der Waals surface area (Å²) in [7, 11) is 0. The van der Waals surface area contributed by atoms with Crippen LogP contribution in [-0.2, 0) is 4.79 Å². The number of benzene rings is 2. The van der Waals surface area contributed by atoms with Crippen LogP contribution in [0, 0.1) is 18.3 Å². The fourth-order valence-electron chi connectivity index (χ4n) is 2.33. The fourth-order valence-corrected chi connectivity index (χ4v) is 2.33. The van der Waals surface area contributed by atoms with Crippen molar-refractivity contribution in [1.29, 1.82) is 5.26 Å². The van der Waals surface area contributed by atoms with Gasteiger partial charge in [-0.1, -0.05) is 25.1 Å². The summed E-state index contributed by atoms with van der Waals surface area (Å²) in [6.45, 7) is 3.91. The van der Waals surface area contributed by atoms with Gasteiger partial charge < -0.3 is 10.1 Å². The number of nitrogens with one attached hydrogen (secondary N) is 1. The summed E-state index contributed by atoms with van der Waals surface area (Å²) >= 11 is 0. The van der Waals surface area contributed by atoms with Crippen molar-refractivity contribution in [3.8, 4) is 11.8 Å². The molecule has 2 aromatic carbocycles. The fraction of sp³-hybridized carbons (Fsp3) is 0.250. The zero-order valence-electron chi connectivity index (χ0n) is 14.9. The summed E-state index contributed by atoms with van der Waals surface area (Å²) in [5, 5.41) is 11.6. The van der Waals surface area contributed by atoms with E-state index in [1.807, 2.05) is 31.2 Å². The molecule has 0 aromatic heterocycles. The molecule has 0 radical (unpaired) electrons. The number of nitrogens with zero attached hydrogens (tertiary/aromatic N) is 2. The van der Waals surface area contributed by atoms with Crippen molar-refractivity contribution < 1.29 is 14.3 Å². The van der Waals surface area contributed by atoms with E-state index in [4.69, 9.17) is 10.00 Å². The quantitative estimate of drug-likeness (QED) is 0.843. The van der Waals surface area contributed by atoms with Gasteiger partial charge in [0.1, 0.15) is 5.75 Å². The Morgan fingerprint density at radius 3 is 2.65 bits per heavy atom. The molecule has 0 heterocycles. The van der Waals surface area contributed by atoms with E-state index in [1.54, 1.807) is 37.3 Å². The number of carbonyl (C=O) groups excluding carboxylic acids is 2. The highest BCUT2D eigenvalue weighted by molar-refractivity contribution is 5.91. The minimum Gasteiger partial charge on any atom is -0.410 e. The average Bonchev–Trinajstić information content (AvgIpc) is 2.62. The molecule has 134 valence electrons. The van der Waals surface area contributed by atoms with Gasteiger partial charge in [-0.25, -0.2) is 4.79 Å². The normalized spacial score (nSPS) is 9.88. The molecule has 2 aromatic rings. The number of ether oxygens (including phenoxy) is 1. The molecular formula is C20H21N3O3. The lowest BCUT2D eigenvalue weighted by Gasteiger charge is -2.21. The number of anilines is 2. The predicted molar refractivity (Wildman–Crippen MR) is 100 cm³/mol. The number of aryl methyl sites for hydroxylation is 1. The first-order valence-corrected chi connectivity index (χ1v) is 8.36. The average molecular weight is 351 g/mol. The smallest absolute Gasteiger partial charge is 0.410 e. The third-order valence-electron chi connectivity index (χ3n) is 3.62. The first kappa shape index (κ1) is 19.0. The summed E-state index contributed by atoms with van der Waals surface area (Å²) in [6, 6.07) is 16.1. The zero-order valence-corrected chi connectivity index (χ0v) is 14.9. The van der Waals surface area contributed by atoms with E-state index < -0.39 is 6.09 Å². The number of hydrogen-bond donors (Lipinski definition) is 1. The van der Waals surface area contributed by atoms with Crippen molar-refractivity contribution in [2.45, 2.75) is 26.7 Å². The first-order valence-electron chi connectivity index (χ1n) is 8.36. The van der Waals surface area contributed by atoms with Crippen LogP contribution in [0.3, 0.4) is 0 Å². The van der Waals surface area contributed by atoms with Crippen molar-refractivity contribution in [1.82, 2.24) is 0 Å². The van der Waals surface area contributed by atoms with Crippen molar-refractivity contribution in [3.63, 3.8) is 0 Å². The second-order valence-electron chi connectivity index (χ2n) is 5.70. The van der Waals surface area contributed by atoms with Crippen molar-refractivity contribution in [3.05, 3.63) is 54.1 Å². The van der Waals surface area contributed by atoms with Crippen LogP contribution in [0.4, 0.5) is 16.2 Å². The minimum atomic E-state index is -0.579. The van der Waals surface area contributed by atoms with E-state index in [1.165, 1.54) is 4.90 Å². The van der Waals surface area contributed by atoms with E-state index in [2.05, 4.69) is 5.32 Å². The van der Waals surface area contributed by atoms with E-state index >= 15 is 0 Å². The van der Waals surface area contributed by atoms with E-state index in [0.29, 0.717) is 23.5 Å². The Hall–Kier alpha value is -3.33. The minimum absolute atomic E-state index is 0.121. The van der Waals surface area contributed by atoms with Crippen LogP contribution >= 0.6 is 0 Å². The molecule has 26 heavy (non-hydrogen) atoms. The number of hydrogen-bond acceptors (Lipinski definition) is 4. The molecule has 1 N–H and O–H groups in total. The van der Waals surface area contributed by atoms with Crippen molar-refractivity contribution in [2.24, 2.45) is 0 Å². The maximum Gasteiger partial charge on any atom is 0.419 e. The number of carbonyl (C=O) groups is 2. The topological polar surface area (TPSA) is 82.4 Å². The van der Waals surface area contributed by atoms with E-state index in [9.17, 15) is 9.59 Å². The highest BCUT2D eigenvalue weighted by Crippen LogP contribution is 2.21. The number of rotatable bonds is 6. The van der Waals surface area contributed by atoms with Crippen LogP contribution in [0.25, 0.3) is 0 Å². The Kier molecular flexibility index (Phi) is 6.75. The van der Waals surface area contributed by atoms with E-state index in [0.717, 1.165) is 5.56 Å². The Labute approximate surface area is 153 Å². The molecule has 0 unspecified atom stereocenters. The van der Waals surface area contributed by atoms with Gasteiger partial charge in [-0.3, -0.25) is 9.69 Å². The van der Waals surface area contributed by atoms with Gasteiger partial charge in [0, 0.05) is 30.4 Å². The van der Waals surface area contributed by atoms with Gasteiger partial charge >= 0.3 is 6.09 Å². The second-order valence-corrected chi connectivity index (χ2v) is 5.70. The van der Waals surface area contributed by atoms with Gasteiger partial charge in [0.15, 0.2) is 0 Å². The van der Waals surface area contributed by atoms with Crippen LogP contribution < -0.4 is 15.0 Å². The van der Waals surface area contributed by atoms with Gasteiger partial charge in [0.25, 0.3) is 0 Å². The Bertz CT molecular complexity index is 827. The SMILES string of the molecule is CCC(=O)Nc1cccc(OC(=O)N(CCC#N)c2cccc(C)c2)c1. The molecule has 0 fully saturated rings. The molecule has 0 spiro atoms. The van der Waals surface area contributed by atoms with Crippen LogP contribution in [-0.4, -0.2) is 18.5 Å². The highest BCUT2D eigenvalue weighted by atomic mass is 16.6. The molecule has 6 nitrogen and oxygen atoms in total. The largest absolute Gasteiger partial charge is 0.419 e. The van der Waals surface area contributed by atoms with Crippen LogP contribution in [0.5, 0.6) is 5.75 Å². The van der Waals surface area contributed by atoms with E-state index in [-0.39, 0.29) is 18.9 Å².